The van der Waals surface area contributed by atoms with Crippen LogP contribution in [0.3, 0.4) is 0 Å². The van der Waals surface area contributed by atoms with Crippen molar-refractivity contribution in [1.82, 2.24) is 26.6 Å². The lowest BCUT2D eigenvalue weighted by Crippen LogP contribution is -2.46. The molecule has 1 fully saturated rings. The molecule has 12 N–H and O–H groups in total. The van der Waals surface area contributed by atoms with Crippen molar-refractivity contribution in [2.45, 2.75) is 275 Å². The molecule has 0 heterocycles. The molecule has 1 aliphatic rings. The van der Waals surface area contributed by atoms with E-state index in [2.05, 4.69) is 26.6 Å². The van der Waals surface area contributed by atoms with Gasteiger partial charge in [-0.2, -0.15) is 0 Å². The molecular weight excluding hydrogens is 1400 g/mol. The first-order chi connectivity index (χ1) is 51.7. The van der Waals surface area contributed by atoms with Crippen LogP contribution < -0.4 is 32.3 Å². The summed E-state index contributed by atoms with van der Waals surface area (Å²) in [6.07, 6.45) is 17.8. The number of nitrogens with two attached hydrogens (primary N) is 1. The molecule has 30 heteroatoms. The van der Waals surface area contributed by atoms with Crippen LogP contribution in [0.15, 0.2) is 24.3 Å². The van der Waals surface area contributed by atoms with Crippen LogP contribution in [0, 0.1) is 30.6 Å². The van der Waals surface area contributed by atoms with Crippen molar-refractivity contribution in [2.75, 3.05) is 65.9 Å². The molecule has 0 radical (unpaired) electrons. The molecule has 6 amide bonds. The smallest absolute Gasteiger partial charge is 0.306 e. The summed E-state index contributed by atoms with van der Waals surface area (Å²) < 4.78 is 21.7. The Hall–Kier alpha value is -8.09. The number of nitrogens with one attached hydrogen (secondary N) is 5. The predicted octanol–water partition coefficient (Wildman–Crippen LogP) is 8.24. The highest BCUT2D eigenvalue weighted by molar-refractivity contribution is 5.96. The lowest BCUT2D eigenvalue weighted by atomic mass is 9.78. The van der Waals surface area contributed by atoms with Crippen molar-refractivity contribution in [1.29, 1.82) is 0 Å². The Morgan fingerprint density at radius 3 is 1.44 bits per heavy atom. The van der Waals surface area contributed by atoms with Crippen LogP contribution in [-0.4, -0.2) is 198 Å². The summed E-state index contributed by atoms with van der Waals surface area (Å²) in [5.74, 6) is -14.2. The number of carboxylic acids is 5. The predicted molar refractivity (Wildman–Crippen MR) is 397 cm³/mol. The van der Waals surface area contributed by atoms with Gasteiger partial charge in [-0.15, -0.1) is 0 Å². The lowest BCUT2D eigenvalue weighted by Gasteiger charge is -2.28. The zero-order valence-electron chi connectivity index (χ0n) is 63.6. The third-order valence-electron chi connectivity index (χ3n) is 19.1. The van der Waals surface area contributed by atoms with Gasteiger partial charge in [-0.25, -0.2) is 0 Å². The third kappa shape index (κ3) is 49.8. The highest BCUT2D eigenvalue weighted by atomic mass is 16.5. The fourth-order valence-electron chi connectivity index (χ4n) is 12.6. The molecule has 0 bridgehead atoms. The van der Waals surface area contributed by atoms with Gasteiger partial charge in [0.25, 0.3) is 5.91 Å². The molecule has 1 aromatic carbocycles. The van der Waals surface area contributed by atoms with Crippen molar-refractivity contribution in [2.24, 2.45) is 29.4 Å². The van der Waals surface area contributed by atoms with E-state index in [1.807, 2.05) is 19.1 Å². The van der Waals surface area contributed by atoms with Gasteiger partial charge in [0.15, 0.2) is 17.3 Å². The molecule has 0 saturated heterocycles. The summed E-state index contributed by atoms with van der Waals surface area (Å²) in [6, 6.07) is 3.31. The van der Waals surface area contributed by atoms with E-state index < -0.39 is 146 Å². The fraction of sp³-hybridized carbons (Fsp3) is 0.731. The van der Waals surface area contributed by atoms with Crippen molar-refractivity contribution in [3.05, 3.63) is 35.4 Å². The molecule has 0 aromatic heterocycles. The number of unbranched alkanes of at least 4 members (excludes halogenated alkanes) is 16. The van der Waals surface area contributed by atoms with Crippen LogP contribution in [-0.2, 0) is 86.1 Å². The van der Waals surface area contributed by atoms with Crippen LogP contribution >= 0.6 is 0 Å². The summed E-state index contributed by atoms with van der Waals surface area (Å²) in [5.41, 5.74) is 7.05. The first kappa shape index (κ1) is 96.0. The van der Waals surface area contributed by atoms with E-state index >= 15 is 0 Å². The number of carboxylic acid groups (broad SMARTS) is 5. The lowest BCUT2D eigenvalue weighted by molar-refractivity contribution is -0.145. The molecular formula is C78H124N6O24. The monoisotopic (exact) mass is 1530 g/mol. The van der Waals surface area contributed by atoms with Gasteiger partial charge in [0.1, 0.15) is 25.0 Å². The maximum Gasteiger partial charge on any atom is 0.306 e. The molecule has 1 aliphatic carbocycles. The second kappa shape index (κ2) is 59.8. The van der Waals surface area contributed by atoms with Gasteiger partial charge in [0, 0.05) is 108 Å². The Labute approximate surface area is 635 Å². The number of aryl methyl sites for hydroxylation is 1. The number of primary amides is 1. The van der Waals surface area contributed by atoms with Crippen LogP contribution in [0.25, 0.3) is 0 Å². The van der Waals surface area contributed by atoms with E-state index in [4.69, 9.17) is 29.8 Å². The van der Waals surface area contributed by atoms with E-state index in [0.717, 1.165) is 50.5 Å². The minimum Gasteiger partial charge on any atom is -0.481 e. The molecule has 610 valence electrons. The molecule has 0 aliphatic heterocycles. The Morgan fingerprint density at radius 1 is 0.417 bits per heavy atom. The number of Topliss-reactive ketones (excluding diaryl/α,β-unsaturated/α-hetero) is 4. The standard InChI is InChI=1S/C78H124N6O24/c1-55-27-31-58(32-28-55)76(101)80-43-19-18-23-64(75(79)100)83-70(91)54-108-49-47-105-44-20-22-61(85)53-107-48-46-106-45-21-24-65(86)62(37-41-73(96)97)84-77(102)59(36-40-72(94)95)50-67(88)63(38-42-74(98)99)82-69(90)39-35-60(78(103)104)51-66(87)57-33-29-56(30-34-57)52-81-68(89)25-16-14-12-10-8-6-4-2-3-5-7-9-11-13-15-17-26-71(92)93/h27-28,31-32,56-57,59-60,62-64H,2-26,29-30,33-54H2,1H3,(H2,79,100)(H,80,101)(H,81,89)(H,82,90)(H,83,91)(H,84,102)(H,92,93)(H,94,95)(H,96,97)(H,98,99)(H,103,104)/t56?,57?,59-,60-,62+,63+,64+/m1/s1. The maximum atomic E-state index is 13.9. The number of hydrogen-bond donors (Lipinski definition) is 11. The molecule has 5 atom stereocenters. The SMILES string of the molecule is Cc1ccc(C(=O)NCCCC[C@H](NC(=O)COCCOCCCC(=O)COCCOCCCC(=O)[C@H](CCC(=O)O)NC(=O)[C@H](CCC(=O)O)CC(=O)[C@H](CCC(=O)O)NC(=O)CC[C@H](CC(=O)C2CCC(CNC(=O)CCCCCCCCCCCCCCCCCCC(=O)O)CC2)C(=O)O)C(N)=O)cc1. The highest BCUT2D eigenvalue weighted by Crippen LogP contribution is 2.31. The Balaban J connectivity index is 1.71. The summed E-state index contributed by atoms with van der Waals surface area (Å²) in [5, 5.41) is 60.6. The second-order valence-corrected chi connectivity index (χ2v) is 28.3. The van der Waals surface area contributed by atoms with Gasteiger partial charge in [-0.05, 0) is 121 Å². The summed E-state index contributed by atoms with van der Waals surface area (Å²) in [6.45, 7) is 2.76. The van der Waals surface area contributed by atoms with E-state index in [1.165, 1.54) is 57.8 Å². The summed E-state index contributed by atoms with van der Waals surface area (Å²) in [4.78, 5) is 188. The Bertz CT molecular complexity index is 2900. The normalized spacial score (nSPS) is 14.8. The van der Waals surface area contributed by atoms with Crippen molar-refractivity contribution in [3.63, 3.8) is 0 Å². The van der Waals surface area contributed by atoms with Crippen molar-refractivity contribution < 1.29 is 116 Å². The highest BCUT2D eigenvalue weighted by Gasteiger charge is 2.34. The summed E-state index contributed by atoms with van der Waals surface area (Å²) in [7, 11) is 0. The minimum absolute atomic E-state index is 0.00619. The number of ketones is 4. The number of benzene rings is 1. The van der Waals surface area contributed by atoms with Gasteiger partial charge in [-0.1, -0.05) is 108 Å². The number of hydrogen-bond acceptors (Lipinski definition) is 19. The Kier molecular flexibility index (Phi) is 53.2. The fourth-order valence-corrected chi connectivity index (χ4v) is 12.6. The number of carbonyl (C=O) groups is 15. The van der Waals surface area contributed by atoms with Gasteiger partial charge in [0.2, 0.25) is 29.5 Å². The number of ether oxygens (including phenoxy) is 4. The second-order valence-electron chi connectivity index (χ2n) is 28.3. The molecule has 0 spiro atoms. The Morgan fingerprint density at radius 2 is 0.898 bits per heavy atom. The van der Waals surface area contributed by atoms with Crippen LogP contribution in [0.4, 0.5) is 0 Å². The largest absolute Gasteiger partial charge is 0.481 e. The van der Waals surface area contributed by atoms with E-state index in [-0.39, 0.29) is 134 Å². The number of aliphatic carboxylic acids is 5. The average Bonchev–Trinajstić information content (AvgIpc) is 0.875. The molecule has 1 saturated carbocycles. The van der Waals surface area contributed by atoms with Gasteiger partial charge in [-0.3, -0.25) is 71.9 Å². The van der Waals surface area contributed by atoms with Gasteiger partial charge >= 0.3 is 29.8 Å². The van der Waals surface area contributed by atoms with Crippen LogP contribution in [0.1, 0.15) is 266 Å². The first-order valence-corrected chi connectivity index (χ1v) is 39.0. The number of amides is 6. The van der Waals surface area contributed by atoms with Crippen molar-refractivity contribution in [3.8, 4) is 0 Å². The summed E-state index contributed by atoms with van der Waals surface area (Å²) >= 11 is 0. The molecule has 2 rings (SSSR count). The number of rotatable bonds is 70. The van der Waals surface area contributed by atoms with Crippen LogP contribution in [0.2, 0.25) is 0 Å². The zero-order chi connectivity index (χ0) is 79.7. The van der Waals surface area contributed by atoms with Crippen LogP contribution in [0.5, 0.6) is 0 Å². The minimum atomic E-state index is -1.53. The third-order valence-corrected chi connectivity index (χ3v) is 19.1. The number of carbonyl (C=O) groups excluding carboxylic acids is 10. The average molecular weight is 1530 g/mol. The molecule has 1 aromatic rings. The maximum absolute atomic E-state index is 13.9. The van der Waals surface area contributed by atoms with E-state index in [1.54, 1.807) is 12.1 Å². The topological polar surface area (TPSA) is 480 Å². The van der Waals surface area contributed by atoms with E-state index in [9.17, 15) is 92.3 Å². The van der Waals surface area contributed by atoms with E-state index in [0.29, 0.717) is 70.0 Å². The molecule has 108 heavy (non-hydrogen) atoms. The molecule has 0 unspecified atom stereocenters. The first-order valence-electron chi connectivity index (χ1n) is 39.0. The van der Waals surface area contributed by atoms with Crippen molar-refractivity contribution >= 4 is 88.4 Å². The van der Waals surface area contributed by atoms with Gasteiger partial charge < -0.3 is 76.8 Å². The van der Waals surface area contributed by atoms with Gasteiger partial charge in [0.05, 0.1) is 44.4 Å². The quantitative estimate of drug-likeness (QED) is 0.0273. The molecule has 30 nitrogen and oxygen atoms in total. The zero-order valence-corrected chi connectivity index (χ0v) is 63.6.